The Hall–Kier alpha value is -0.610. The molecule has 0 heterocycles. The van der Waals surface area contributed by atoms with Crippen LogP contribution in [0.3, 0.4) is 0 Å². The molecular formula is C27H46O4. The maximum atomic E-state index is 11.7. The van der Waals surface area contributed by atoms with Crippen molar-refractivity contribution in [3.05, 3.63) is 0 Å². The van der Waals surface area contributed by atoms with Crippen LogP contribution in [0.4, 0.5) is 0 Å². The van der Waals surface area contributed by atoms with E-state index in [1.807, 2.05) is 6.92 Å². The van der Waals surface area contributed by atoms with Gasteiger partial charge < -0.3 is 15.3 Å². The van der Waals surface area contributed by atoms with Gasteiger partial charge in [0.1, 0.15) is 0 Å². The molecule has 0 spiro atoms. The molecule has 4 aliphatic carbocycles. The third-order valence-corrected chi connectivity index (χ3v) is 11.3. The summed E-state index contributed by atoms with van der Waals surface area (Å²) in [6.45, 7) is 11.3. The Morgan fingerprint density at radius 3 is 2.26 bits per heavy atom. The molecular weight excluding hydrogens is 388 g/mol. The van der Waals surface area contributed by atoms with Gasteiger partial charge in [0.25, 0.3) is 0 Å². The predicted molar refractivity (Wildman–Crippen MR) is 122 cm³/mol. The highest BCUT2D eigenvalue weighted by Crippen LogP contribution is 2.69. The van der Waals surface area contributed by atoms with Crippen LogP contribution >= 0.6 is 0 Å². The minimum Gasteiger partial charge on any atom is -0.481 e. The zero-order valence-electron chi connectivity index (χ0n) is 20.4. The van der Waals surface area contributed by atoms with Crippen LogP contribution < -0.4 is 0 Å². The van der Waals surface area contributed by atoms with Crippen molar-refractivity contribution in [1.29, 1.82) is 0 Å². The van der Waals surface area contributed by atoms with Crippen LogP contribution in [-0.2, 0) is 4.79 Å². The van der Waals surface area contributed by atoms with Crippen LogP contribution in [0.2, 0.25) is 0 Å². The Morgan fingerprint density at radius 1 is 0.968 bits per heavy atom. The average Bonchev–Trinajstić information content (AvgIpc) is 3.06. The number of aliphatic hydroxyl groups excluding tert-OH is 2. The highest BCUT2D eigenvalue weighted by atomic mass is 16.4. The zero-order chi connectivity index (χ0) is 22.7. The van der Waals surface area contributed by atoms with Crippen molar-refractivity contribution in [3.63, 3.8) is 0 Å². The average molecular weight is 435 g/mol. The molecule has 0 aromatic carbocycles. The fourth-order valence-corrected chi connectivity index (χ4v) is 9.76. The van der Waals surface area contributed by atoms with Gasteiger partial charge in [-0.1, -0.05) is 41.0 Å². The molecule has 4 nitrogen and oxygen atoms in total. The van der Waals surface area contributed by atoms with Crippen LogP contribution in [0.15, 0.2) is 0 Å². The summed E-state index contributed by atoms with van der Waals surface area (Å²) >= 11 is 0. The van der Waals surface area contributed by atoms with Crippen molar-refractivity contribution < 1.29 is 20.1 Å². The summed E-state index contributed by atoms with van der Waals surface area (Å²) in [6, 6.07) is 0. The van der Waals surface area contributed by atoms with E-state index in [0.29, 0.717) is 41.4 Å². The number of carboxylic acids is 1. The third-order valence-electron chi connectivity index (χ3n) is 11.3. The van der Waals surface area contributed by atoms with E-state index in [1.165, 1.54) is 25.7 Å². The fraction of sp³-hybridized carbons (Fsp3) is 0.963. The largest absolute Gasteiger partial charge is 0.481 e. The second-order valence-electron chi connectivity index (χ2n) is 12.6. The number of carboxylic acid groups (broad SMARTS) is 1. The van der Waals surface area contributed by atoms with Gasteiger partial charge in [-0.25, -0.2) is 0 Å². The molecule has 0 saturated heterocycles. The summed E-state index contributed by atoms with van der Waals surface area (Å²) in [5, 5.41) is 31.6. The molecule has 31 heavy (non-hydrogen) atoms. The quantitative estimate of drug-likeness (QED) is 0.544. The van der Waals surface area contributed by atoms with E-state index < -0.39 is 5.97 Å². The second kappa shape index (κ2) is 8.31. The molecule has 0 radical (unpaired) electrons. The molecule has 4 heteroatoms. The van der Waals surface area contributed by atoms with Crippen molar-refractivity contribution >= 4 is 5.97 Å². The number of carbonyl (C=O) groups is 1. The van der Waals surface area contributed by atoms with Crippen LogP contribution in [0, 0.1) is 58.2 Å². The monoisotopic (exact) mass is 434 g/mol. The maximum Gasteiger partial charge on any atom is 0.306 e. The molecule has 0 amide bonds. The van der Waals surface area contributed by atoms with Gasteiger partial charge in [-0.15, -0.1) is 0 Å². The van der Waals surface area contributed by atoms with Crippen LogP contribution in [0.1, 0.15) is 92.4 Å². The van der Waals surface area contributed by atoms with Crippen molar-refractivity contribution in [2.45, 2.75) is 105 Å². The number of fused-ring (bicyclic) bond motifs is 5. The van der Waals surface area contributed by atoms with Gasteiger partial charge in [0.2, 0.25) is 0 Å². The van der Waals surface area contributed by atoms with Crippen molar-refractivity contribution in [2.24, 2.45) is 58.2 Å². The smallest absolute Gasteiger partial charge is 0.306 e. The van der Waals surface area contributed by atoms with Gasteiger partial charge in [0.05, 0.1) is 18.1 Å². The molecule has 4 rings (SSSR count). The van der Waals surface area contributed by atoms with Gasteiger partial charge >= 0.3 is 5.97 Å². The van der Waals surface area contributed by atoms with E-state index in [2.05, 4.69) is 27.7 Å². The van der Waals surface area contributed by atoms with Crippen LogP contribution in [-0.4, -0.2) is 33.5 Å². The van der Waals surface area contributed by atoms with Crippen LogP contribution in [0.25, 0.3) is 0 Å². The van der Waals surface area contributed by atoms with Gasteiger partial charge in [-0.05, 0) is 104 Å². The van der Waals surface area contributed by atoms with E-state index in [1.54, 1.807) is 0 Å². The lowest BCUT2D eigenvalue weighted by Gasteiger charge is -2.64. The Bertz CT molecular complexity index is 678. The van der Waals surface area contributed by atoms with Crippen molar-refractivity contribution in [1.82, 2.24) is 0 Å². The standard InChI is InChI=1S/C27H46O4/c1-6-18-22-14-17(28)9-11-27(22,5)21-10-12-26(4)19(15(2)13-16(3)25(30)31)7-8-20(26)23(21)24(18)29/h15-24,28-29H,6-14H2,1-5H3,(H,30,31)/t15-,16-,17-,18-,19-,20?,21?,22+,23?,24?,26-,27-/m1/s1. The molecule has 0 bridgehead atoms. The topological polar surface area (TPSA) is 77.8 Å². The van der Waals surface area contributed by atoms with E-state index in [4.69, 9.17) is 0 Å². The molecule has 3 N–H and O–H groups in total. The normalized spacial score (nSPS) is 51.3. The molecule has 0 aromatic rings. The molecule has 12 atom stereocenters. The number of aliphatic hydroxyl groups is 2. The Labute approximate surface area is 189 Å². The first-order valence-corrected chi connectivity index (χ1v) is 13.1. The second-order valence-corrected chi connectivity index (χ2v) is 12.6. The fourth-order valence-electron chi connectivity index (χ4n) is 9.76. The Balaban J connectivity index is 1.61. The third kappa shape index (κ3) is 3.59. The predicted octanol–water partition coefficient (Wildman–Crippen LogP) is 5.36. The minimum atomic E-state index is -0.679. The van der Waals surface area contributed by atoms with E-state index in [0.717, 1.165) is 32.1 Å². The Kier molecular flexibility index (Phi) is 6.31. The highest BCUT2D eigenvalue weighted by molar-refractivity contribution is 5.69. The first-order valence-electron chi connectivity index (χ1n) is 13.1. The lowest BCUT2D eigenvalue weighted by atomic mass is 9.41. The van der Waals surface area contributed by atoms with Gasteiger partial charge in [0.15, 0.2) is 0 Å². The summed E-state index contributed by atoms with van der Waals surface area (Å²) < 4.78 is 0. The first-order chi connectivity index (χ1) is 14.5. The summed E-state index contributed by atoms with van der Waals surface area (Å²) in [7, 11) is 0. The molecule has 4 fully saturated rings. The number of hydrogen-bond acceptors (Lipinski definition) is 3. The minimum absolute atomic E-state index is 0.197. The maximum absolute atomic E-state index is 11.7. The molecule has 0 aromatic heterocycles. The summed E-state index contributed by atoms with van der Waals surface area (Å²) in [6.07, 6.45) is 8.95. The van der Waals surface area contributed by atoms with Gasteiger partial charge in [-0.2, -0.15) is 0 Å². The molecule has 4 saturated carbocycles. The number of rotatable bonds is 5. The molecule has 0 aliphatic heterocycles. The summed E-state index contributed by atoms with van der Waals surface area (Å²) in [4.78, 5) is 11.5. The molecule has 178 valence electrons. The number of hydrogen-bond donors (Lipinski definition) is 3. The van der Waals surface area contributed by atoms with Crippen LogP contribution in [0.5, 0.6) is 0 Å². The van der Waals surface area contributed by atoms with Crippen molar-refractivity contribution in [3.8, 4) is 0 Å². The van der Waals surface area contributed by atoms with Gasteiger partial charge in [-0.3, -0.25) is 4.79 Å². The first kappa shape index (κ1) is 23.5. The zero-order valence-corrected chi connectivity index (χ0v) is 20.4. The SMILES string of the molecule is CC[C@H]1C(O)C2C3CC[C@H]([C@H](C)C[C@@H](C)C(=O)O)[C@@]3(C)CCC2[C@@]2(C)CC[C@@H](O)C[C@@H]12. The number of aliphatic carboxylic acids is 1. The summed E-state index contributed by atoms with van der Waals surface area (Å²) in [5.74, 6) is 2.23. The highest BCUT2D eigenvalue weighted by Gasteiger charge is 2.64. The lowest BCUT2D eigenvalue weighted by molar-refractivity contribution is -0.203. The molecule has 4 unspecified atom stereocenters. The van der Waals surface area contributed by atoms with Gasteiger partial charge in [0, 0.05) is 0 Å². The van der Waals surface area contributed by atoms with Crippen molar-refractivity contribution in [2.75, 3.05) is 0 Å². The van der Waals surface area contributed by atoms with E-state index in [9.17, 15) is 20.1 Å². The molecule has 4 aliphatic rings. The summed E-state index contributed by atoms with van der Waals surface area (Å²) in [5.41, 5.74) is 0.460. The Morgan fingerprint density at radius 2 is 1.61 bits per heavy atom. The van der Waals surface area contributed by atoms with E-state index >= 15 is 0 Å². The lowest BCUT2D eigenvalue weighted by Crippen LogP contribution is -2.62. The van der Waals surface area contributed by atoms with E-state index in [-0.39, 0.29) is 29.0 Å².